The fourth-order valence-corrected chi connectivity index (χ4v) is 2.80. The van der Waals surface area contributed by atoms with Crippen molar-refractivity contribution in [3.05, 3.63) is 56.2 Å². The molecule has 0 bridgehead atoms. The number of aromatic nitrogens is 2. The summed E-state index contributed by atoms with van der Waals surface area (Å²) in [4.78, 5) is 38.6. The Hall–Kier alpha value is -3.03. The van der Waals surface area contributed by atoms with Gasteiger partial charge in [-0.25, -0.2) is 4.79 Å². The summed E-state index contributed by atoms with van der Waals surface area (Å²) in [5, 5.41) is 16.5. The molecule has 1 heterocycles. The first-order valence-electron chi connectivity index (χ1n) is 8.28. The van der Waals surface area contributed by atoms with Gasteiger partial charge in [-0.05, 0) is 28.9 Å². The van der Waals surface area contributed by atoms with Gasteiger partial charge in [-0.15, -0.1) is 10.2 Å². The normalized spacial score (nSPS) is 19.7. The van der Waals surface area contributed by atoms with Crippen LogP contribution in [0.5, 0.6) is 5.88 Å². The number of H-pyrrole nitrogens is 2. The maximum Gasteiger partial charge on any atom is 0.328 e. The van der Waals surface area contributed by atoms with E-state index >= 15 is 0 Å². The lowest BCUT2D eigenvalue weighted by molar-refractivity contribution is -0.119. The Labute approximate surface area is 149 Å². The minimum absolute atomic E-state index is 0.0667. The van der Waals surface area contributed by atoms with Gasteiger partial charge in [0.2, 0.25) is 11.6 Å². The zero-order chi connectivity index (χ0) is 19.1. The van der Waals surface area contributed by atoms with Crippen molar-refractivity contribution in [2.75, 3.05) is 0 Å². The van der Waals surface area contributed by atoms with Gasteiger partial charge in [-0.3, -0.25) is 19.6 Å². The van der Waals surface area contributed by atoms with E-state index in [-0.39, 0.29) is 17.3 Å². The van der Waals surface area contributed by atoms with E-state index in [4.69, 9.17) is 0 Å². The molecule has 1 aromatic heterocycles. The number of aromatic amines is 2. The number of rotatable bonds is 3. The van der Waals surface area contributed by atoms with E-state index in [0.717, 1.165) is 5.56 Å². The third-order valence-electron chi connectivity index (χ3n) is 4.46. The fourth-order valence-electron chi connectivity index (χ4n) is 2.80. The maximum absolute atomic E-state index is 12.2. The molecule has 0 radical (unpaired) electrons. The van der Waals surface area contributed by atoms with Crippen molar-refractivity contribution in [3.63, 3.8) is 0 Å². The molecule has 2 unspecified atom stereocenters. The standard InChI is InChI=1S/C18H20N4O4/c1-18(2,3)10-6-4-9(5-7-10)11-8-12(11)14(23)22-21-13-15(24)19-17(26)20-16(13)25/h4-7,11-12H,8H2,1-3H3,(H3,19,20,24,25,26). The van der Waals surface area contributed by atoms with Crippen molar-refractivity contribution < 1.29 is 9.90 Å². The number of aromatic hydroxyl groups is 1. The third kappa shape index (κ3) is 3.63. The molecule has 0 aliphatic heterocycles. The number of amides is 1. The highest BCUT2D eigenvalue weighted by Crippen LogP contribution is 2.48. The van der Waals surface area contributed by atoms with Crippen LogP contribution in [-0.2, 0) is 10.2 Å². The molecule has 1 fully saturated rings. The molecule has 1 aromatic carbocycles. The zero-order valence-electron chi connectivity index (χ0n) is 14.7. The van der Waals surface area contributed by atoms with Crippen LogP contribution in [0, 0.1) is 5.92 Å². The van der Waals surface area contributed by atoms with Crippen LogP contribution in [0.3, 0.4) is 0 Å². The summed E-state index contributed by atoms with van der Waals surface area (Å²) >= 11 is 0. The molecular weight excluding hydrogens is 336 g/mol. The number of carbonyl (C=O) groups is 1. The highest BCUT2D eigenvalue weighted by Gasteiger charge is 2.44. The van der Waals surface area contributed by atoms with Crippen LogP contribution >= 0.6 is 0 Å². The Balaban J connectivity index is 1.70. The van der Waals surface area contributed by atoms with E-state index in [9.17, 15) is 19.5 Å². The molecule has 8 heteroatoms. The summed E-state index contributed by atoms with van der Waals surface area (Å²) in [5.74, 6) is -1.39. The van der Waals surface area contributed by atoms with Gasteiger partial charge in [-0.2, -0.15) is 0 Å². The molecule has 8 nitrogen and oxygen atoms in total. The fraction of sp³-hybridized carbons (Fsp3) is 0.389. The molecule has 3 N–H and O–H groups in total. The number of hydrogen-bond donors (Lipinski definition) is 3. The third-order valence-corrected chi connectivity index (χ3v) is 4.46. The molecular formula is C18H20N4O4. The minimum Gasteiger partial charge on any atom is -0.493 e. The van der Waals surface area contributed by atoms with Gasteiger partial charge in [0.1, 0.15) is 0 Å². The topological polar surface area (TPSA) is 128 Å². The molecule has 1 amide bonds. The lowest BCUT2D eigenvalue weighted by Gasteiger charge is -2.19. The first-order chi connectivity index (χ1) is 12.2. The van der Waals surface area contributed by atoms with Crippen molar-refractivity contribution in [2.45, 2.75) is 38.5 Å². The van der Waals surface area contributed by atoms with E-state index in [0.29, 0.717) is 6.42 Å². The smallest absolute Gasteiger partial charge is 0.328 e. The Bertz CT molecular complexity index is 980. The summed E-state index contributed by atoms with van der Waals surface area (Å²) in [6.07, 6.45) is 0.667. The summed E-state index contributed by atoms with van der Waals surface area (Å²) in [6.45, 7) is 6.42. The maximum atomic E-state index is 12.2. The lowest BCUT2D eigenvalue weighted by Crippen LogP contribution is -2.21. The lowest BCUT2D eigenvalue weighted by atomic mass is 9.86. The highest BCUT2D eigenvalue weighted by atomic mass is 16.3. The van der Waals surface area contributed by atoms with Crippen LogP contribution in [0.15, 0.2) is 44.1 Å². The average molecular weight is 356 g/mol. The number of azo groups is 1. The number of carbonyl (C=O) groups excluding carboxylic acids is 1. The summed E-state index contributed by atoms with van der Waals surface area (Å²) < 4.78 is 0. The van der Waals surface area contributed by atoms with Gasteiger partial charge in [0.25, 0.3) is 11.5 Å². The van der Waals surface area contributed by atoms with Gasteiger partial charge < -0.3 is 5.11 Å². The summed E-state index contributed by atoms with van der Waals surface area (Å²) in [6, 6.07) is 8.17. The van der Waals surface area contributed by atoms with E-state index in [1.807, 2.05) is 22.1 Å². The first-order valence-corrected chi connectivity index (χ1v) is 8.28. The quantitative estimate of drug-likeness (QED) is 0.730. The van der Waals surface area contributed by atoms with Gasteiger partial charge >= 0.3 is 5.69 Å². The van der Waals surface area contributed by atoms with Crippen molar-refractivity contribution in [3.8, 4) is 5.88 Å². The molecule has 1 aliphatic rings. The van der Waals surface area contributed by atoms with E-state index in [1.165, 1.54) is 5.56 Å². The monoisotopic (exact) mass is 356 g/mol. The first kappa shape index (κ1) is 17.8. The Morgan fingerprint density at radius 2 is 1.81 bits per heavy atom. The van der Waals surface area contributed by atoms with E-state index in [2.05, 4.69) is 43.1 Å². The Morgan fingerprint density at radius 1 is 1.15 bits per heavy atom. The Morgan fingerprint density at radius 3 is 2.38 bits per heavy atom. The SMILES string of the molecule is CC(C)(C)c1ccc(C2CC2C(=O)N=Nc2c(O)[nH]c(=O)[nH]c2=O)cc1. The van der Waals surface area contributed by atoms with Crippen LogP contribution in [0.1, 0.15) is 44.2 Å². The van der Waals surface area contributed by atoms with Crippen LogP contribution in [-0.4, -0.2) is 21.0 Å². The second kappa shape index (κ2) is 6.36. The molecule has 1 saturated carbocycles. The molecule has 0 saturated heterocycles. The molecule has 2 atom stereocenters. The molecule has 1 aliphatic carbocycles. The van der Waals surface area contributed by atoms with E-state index < -0.39 is 28.7 Å². The molecule has 136 valence electrons. The Kier molecular flexibility index (Phi) is 4.35. The van der Waals surface area contributed by atoms with Crippen molar-refractivity contribution in [1.29, 1.82) is 0 Å². The van der Waals surface area contributed by atoms with Crippen LogP contribution in [0.4, 0.5) is 5.69 Å². The highest BCUT2D eigenvalue weighted by molar-refractivity contribution is 5.83. The molecule has 0 spiro atoms. The second-order valence-corrected chi connectivity index (χ2v) is 7.46. The predicted molar refractivity (Wildman–Crippen MR) is 94.9 cm³/mol. The van der Waals surface area contributed by atoms with Crippen molar-refractivity contribution >= 4 is 11.6 Å². The van der Waals surface area contributed by atoms with Crippen molar-refractivity contribution in [2.24, 2.45) is 16.1 Å². The largest absolute Gasteiger partial charge is 0.493 e. The molecule has 3 rings (SSSR count). The van der Waals surface area contributed by atoms with E-state index in [1.54, 1.807) is 0 Å². The van der Waals surface area contributed by atoms with Gasteiger partial charge in [0, 0.05) is 5.92 Å². The zero-order valence-corrected chi connectivity index (χ0v) is 14.7. The number of benzene rings is 1. The summed E-state index contributed by atoms with van der Waals surface area (Å²) in [7, 11) is 0. The van der Waals surface area contributed by atoms with Crippen LogP contribution < -0.4 is 11.2 Å². The number of nitrogens with zero attached hydrogens (tertiary/aromatic N) is 2. The van der Waals surface area contributed by atoms with Crippen molar-refractivity contribution in [1.82, 2.24) is 9.97 Å². The predicted octanol–water partition coefficient (Wildman–Crippen LogP) is 2.48. The average Bonchev–Trinajstić information content (AvgIpc) is 3.33. The van der Waals surface area contributed by atoms with Gasteiger partial charge in [-0.1, -0.05) is 45.0 Å². The number of nitrogens with one attached hydrogen (secondary N) is 2. The molecule has 26 heavy (non-hydrogen) atoms. The summed E-state index contributed by atoms with van der Waals surface area (Å²) in [5.41, 5.74) is 0.0851. The van der Waals surface area contributed by atoms with Crippen LogP contribution in [0.25, 0.3) is 0 Å². The minimum atomic E-state index is -0.909. The van der Waals surface area contributed by atoms with Gasteiger partial charge in [0.05, 0.1) is 0 Å². The second-order valence-electron chi connectivity index (χ2n) is 7.46. The van der Waals surface area contributed by atoms with Crippen LogP contribution in [0.2, 0.25) is 0 Å². The molecule has 2 aromatic rings. The van der Waals surface area contributed by atoms with Gasteiger partial charge in [0.15, 0.2) is 0 Å². The number of hydrogen-bond acceptors (Lipinski definition) is 5.